The molecule has 0 amide bonds. The van der Waals surface area contributed by atoms with E-state index in [1.54, 1.807) is 0 Å². The Morgan fingerprint density at radius 3 is 3.00 bits per heavy atom. The molecule has 18 heavy (non-hydrogen) atoms. The molecule has 100 valence electrons. The van der Waals surface area contributed by atoms with Crippen LogP contribution < -0.4 is 0 Å². The Kier molecular flexibility index (Phi) is 3.80. The molecule has 2 heterocycles. The average Bonchev–Trinajstić information content (AvgIpc) is 2.53. The van der Waals surface area contributed by atoms with E-state index in [4.69, 9.17) is 4.74 Å². The molecule has 1 aromatic rings. The normalized spacial score (nSPS) is 19.4. The van der Waals surface area contributed by atoms with Gasteiger partial charge in [0.05, 0.1) is 0 Å². The summed E-state index contributed by atoms with van der Waals surface area (Å²) in [7, 11) is 0. The van der Waals surface area contributed by atoms with Crippen molar-refractivity contribution in [1.29, 1.82) is 0 Å². The van der Waals surface area contributed by atoms with Crippen LogP contribution in [0.3, 0.4) is 0 Å². The molecule has 0 saturated carbocycles. The standard InChI is InChI=1S/C13H19BrN2O2/c1-13(2,3)18-12(17)7-9-4-5-16-8-10(14)15-11(16)6-9/h8-9H,4-7H2,1-3H3. The van der Waals surface area contributed by atoms with E-state index in [0.717, 1.165) is 29.8 Å². The molecule has 0 radical (unpaired) electrons. The summed E-state index contributed by atoms with van der Waals surface area (Å²) in [6.07, 6.45) is 4.35. The van der Waals surface area contributed by atoms with Crippen molar-refractivity contribution in [2.75, 3.05) is 0 Å². The van der Waals surface area contributed by atoms with Gasteiger partial charge in [0.1, 0.15) is 16.0 Å². The van der Waals surface area contributed by atoms with Gasteiger partial charge in [-0.15, -0.1) is 0 Å². The van der Waals surface area contributed by atoms with Crippen LogP contribution in [0.5, 0.6) is 0 Å². The number of rotatable bonds is 2. The van der Waals surface area contributed by atoms with Crippen molar-refractivity contribution >= 4 is 21.9 Å². The minimum Gasteiger partial charge on any atom is -0.460 e. The Labute approximate surface area is 116 Å². The van der Waals surface area contributed by atoms with Crippen LogP contribution >= 0.6 is 15.9 Å². The van der Waals surface area contributed by atoms with Crippen molar-refractivity contribution in [3.05, 3.63) is 16.6 Å². The fourth-order valence-electron chi connectivity index (χ4n) is 2.25. The molecule has 0 aromatic carbocycles. The minimum atomic E-state index is -0.396. The fraction of sp³-hybridized carbons (Fsp3) is 0.692. The van der Waals surface area contributed by atoms with Crippen molar-refractivity contribution in [1.82, 2.24) is 9.55 Å². The summed E-state index contributed by atoms with van der Waals surface area (Å²) in [5.74, 6) is 1.30. The molecule has 1 aromatic heterocycles. The van der Waals surface area contributed by atoms with Gasteiger partial charge < -0.3 is 9.30 Å². The molecule has 1 aliphatic heterocycles. The van der Waals surface area contributed by atoms with E-state index < -0.39 is 5.60 Å². The van der Waals surface area contributed by atoms with Crippen LogP contribution in [0.4, 0.5) is 0 Å². The summed E-state index contributed by atoms with van der Waals surface area (Å²) in [6, 6.07) is 0. The SMILES string of the molecule is CC(C)(C)OC(=O)CC1CCn2cc(Br)nc2C1. The zero-order chi connectivity index (χ0) is 13.3. The Morgan fingerprint density at radius 1 is 1.61 bits per heavy atom. The number of carbonyl (C=O) groups excluding carboxylic acids is 1. The monoisotopic (exact) mass is 314 g/mol. The number of halogens is 1. The smallest absolute Gasteiger partial charge is 0.306 e. The number of hydrogen-bond acceptors (Lipinski definition) is 3. The third-order valence-electron chi connectivity index (χ3n) is 2.95. The summed E-state index contributed by atoms with van der Waals surface area (Å²) in [4.78, 5) is 16.2. The van der Waals surface area contributed by atoms with Gasteiger partial charge in [-0.3, -0.25) is 4.79 Å². The van der Waals surface area contributed by atoms with E-state index in [0.29, 0.717) is 12.3 Å². The Bertz CT molecular complexity index is 448. The van der Waals surface area contributed by atoms with Crippen molar-refractivity contribution in [3.63, 3.8) is 0 Å². The first-order valence-electron chi connectivity index (χ1n) is 6.27. The van der Waals surface area contributed by atoms with Crippen LogP contribution in [-0.4, -0.2) is 21.1 Å². The van der Waals surface area contributed by atoms with Gasteiger partial charge in [0.15, 0.2) is 0 Å². The maximum atomic E-state index is 11.8. The van der Waals surface area contributed by atoms with E-state index in [1.165, 1.54) is 0 Å². The summed E-state index contributed by atoms with van der Waals surface area (Å²) >= 11 is 3.38. The van der Waals surface area contributed by atoms with E-state index in [-0.39, 0.29) is 5.97 Å². The number of carbonyl (C=O) groups is 1. The van der Waals surface area contributed by atoms with Gasteiger partial charge in [-0.05, 0) is 49.0 Å². The number of esters is 1. The fourth-order valence-corrected chi connectivity index (χ4v) is 2.70. The lowest BCUT2D eigenvalue weighted by Gasteiger charge is -2.25. The zero-order valence-electron chi connectivity index (χ0n) is 11.1. The summed E-state index contributed by atoms with van der Waals surface area (Å²) in [6.45, 7) is 6.63. The Balaban J connectivity index is 1.91. The van der Waals surface area contributed by atoms with Crippen molar-refractivity contribution in [2.45, 2.75) is 52.2 Å². The highest BCUT2D eigenvalue weighted by atomic mass is 79.9. The predicted molar refractivity (Wildman–Crippen MR) is 72.2 cm³/mol. The van der Waals surface area contributed by atoms with Crippen molar-refractivity contribution < 1.29 is 9.53 Å². The lowest BCUT2D eigenvalue weighted by atomic mass is 9.94. The van der Waals surface area contributed by atoms with Gasteiger partial charge in [0.2, 0.25) is 0 Å². The number of aromatic nitrogens is 2. The molecule has 1 aliphatic rings. The Hall–Kier alpha value is -0.840. The first-order valence-corrected chi connectivity index (χ1v) is 7.06. The first kappa shape index (κ1) is 13.6. The summed E-state index contributed by atoms with van der Waals surface area (Å²) in [5.41, 5.74) is -0.396. The maximum Gasteiger partial charge on any atom is 0.306 e. The summed E-state index contributed by atoms with van der Waals surface area (Å²) in [5, 5.41) is 0. The van der Waals surface area contributed by atoms with Gasteiger partial charge in [0, 0.05) is 25.6 Å². The molecule has 1 unspecified atom stereocenters. The highest BCUT2D eigenvalue weighted by Crippen LogP contribution is 2.25. The quantitative estimate of drug-likeness (QED) is 0.788. The molecule has 4 nitrogen and oxygen atoms in total. The molecule has 0 fully saturated rings. The lowest BCUT2D eigenvalue weighted by molar-refractivity contribution is -0.156. The molecular weight excluding hydrogens is 296 g/mol. The predicted octanol–water partition coefficient (Wildman–Crippen LogP) is 2.94. The lowest BCUT2D eigenvalue weighted by Crippen LogP contribution is -2.27. The second-order valence-electron chi connectivity index (χ2n) is 5.82. The average molecular weight is 315 g/mol. The number of imidazole rings is 1. The van der Waals surface area contributed by atoms with Crippen LogP contribution in [0.15, 0.2) is 10.8 Å². The second kappa shape index (κ2) is 5.03. The third-order valence-corrected chi connectivity index (χ3v) is 3.34. The second-order valence-corrected chi connectivity index (χ2v) is 6.64. The van der Waals surface area contributed by atoms with Crippen LogP contribution in [0.25, 0.3) is 0 Å². The molecule has 0 spiro atoms. The molecule has 0 aliphatic carbocycles. The van der Waals surface area contributed by atoms with Crippen LogP contribution in [-0.2, 0) is 22.5 Å². The molecule has 0 saturated heterocycles. The topological polar surface area (TPSA) is 44.1 Å². The molecule has 1 atom stereocenters. The van der Waals surface area contributed by atoms with E-state index in [1.807, 2.05) is 27.0 Å². The van der Waals surface area contributed by atoms with Gasteiger partial charge in [-0.2, -0.15) is 0 Å². The van der Waals surface area contributed by atoms with Crippen molar-refractivity contribution in [3.8, 4) is 0 Å². The number of ether oxygens (including phenoxy) is 1. The number of aryl methyl sites for hydroxylation is 1. The van der Waals surface area contributed by atoms with E-state index >= 15 is 0 Å². The van der Waals surface area contributed by atoms with E-state index in [9.17, 15) is 4.79 Å². The molecule has 2 rings (SSSR count). The Morgan fingerprint density at radius 2 is 2.33 bits per heavy atom. The largest absolute Gasteiger partial charge is 0.460 e. The van der Waals surface area contributed by atoms with Gasteiger partial charge in [0.25, 0.3) is 0 Å². The highest BCUT2D eigenvalue weighted by Gasteiger charge is 2.25. The number of hydrogen-bond donors (Lipinski definition) is 0. The summed E-state index contributed by atoms with van der Waals surface area (Å²) < 4.78 is 8.38. The molecule has 5 heteroatoms. The minimum absolute atomic E-state index is 0.105. The highest BCUT2D eigenvalue weighted by molar-refractivity contribution is 9.10. The van der Waals surface area contributed by atoms with Crippen LogP contribution in [0.1, 0.15) is 39.4 Å². The number of fused-ring (bicyclic) bond motifs is 1. The molecule has 0 N–H and O–H groups in total. The van der Waals surface area contributed by atoms with Gasteiger partial charge >= 0.3 is 5.97 Å². The zero-order valence-corrected chi connectivity index (χ0v) is 12.7. The first-order chi connectivity index (χ1) is 8.33. The maximum absolute atomic E-state index is 11.8. The molecule has 0 bridgehead atoms. The molecular formula is C13H19BrN2O2. The van der Waals surface area contributed by atoms with Crippen LogP contribution in [0.2, 0.25) is 0 Å². The van der Waals surface area contributed by atoms with Gasteiger partial charge in [-0.1, -0.05) is 0 Å². The van der Waals surface area contributed by atoms with Crippen molar-refractivity contribution in [2.24, 2.45) is 5.92 Å². The van der Waals surface area contributed by atoms with Crippen LogP contribution in [0, 0.1) is 5.92 Å². The van der Waals surface area contributed by atoms with Gasteiger partial charge in [-0.25, -0.2) is 4.98 Å². The third kappa shape index (κ3) is 3.57. The number of nitrogens with zero attached hydrogens (tertiary/aromatic N) is 2. The van der Waals surface area contributed by atoms with E-state index in [2.05, 4.69) is 25.5 Å².